The van der Waals surface area contributed by atoms with Gasteiger partial charge in [-0.15, -0.1) is 0 Å². The van der Waals surface area contributed by atoms with Crippen LogP contribution in [0.4, 0.5) is 5.69 Å². The molecular formula is C15H14ClN3O2. The van der Waals surface area contributed by atoms with E-state index in [0.717, 1.165) is 11.1 Å². The maximum absolute atomic E-state index is 12.2. The number of hydrogen-bond donors (Lipinski definition) is 2. The van der Waals surface area contributed by atoms with Crippen LogP contribution in [0.2, 0.25) is 5.02 Å². The second-order valence-corrected chi connectivity index (χ2v) is 5.10. The zero-order valence-corrected chi connectivity index (χ0v) is 12.4. The van der Waals surface area contributed by atoms with Crippen LogP contribution >= 0.6 is 11.6 Å². The molecule has 0 aliphatic rings. The van der Waals surface area contributed by atoms with Crippen molar-refractivity contribution in [2.45, 2.75) is 13.8 Å². The lowest BCUT2D eigenvalue weighted by Crippen LogP contribution is -2.16. The smallest absolute Gasteiger partial charge is 0.267 e. The van der Waals surface area contributed by atoms with Crippen LogP contribution in [0.25, 0.3) is 0 Å². The van der Waals surface area contributed by atoms with Crippen molar-refractivity contribution in [2.75, 3.05) is 5.32 Å². The standard InChI is InChI=1S/C15H14ClN3O2/c1-8-5-9(2)13(11(16)6-8)19-15(21)10-3-4-12(14(17)20)18-7-10/h3-7H,1-2H3,(H2,17,20)(H,19,21). The molecule has 2 aromatic rings. The predicted molar refractivity (Wildman–Crippen MR) is 81.6 cm³/mol. The molecule has 0 aliphatic carbocycles. The summed E-state index contributed by atoms with van der Waals surface area (Å²) in [6.45, 7) is 3.79. The van der Waals surface area contributed by atoms with Crippen LogP contribution < -0.4 is 11.1 Å². The minimum absolute atomic E-state index is 0.107. The number of amides is 2. The molecule has 1 heterocycles. The Labute approximate surface area is 127 Å². The van der Waals surface area contributed by atoms with Gasteiger partial charge in [0, 0.05) is 6.20 Å². The van der Waals surface area contributed by atoms with E-state index in [1.807, 2.05) is 19.9 Å². The predicted octanol–water partition coefficient (Wildman–Crippen LogP) is 2.70. The molecule has 0 bridgehead atoms. The highest BCUT2D eigenvalue weighted by Crippen LogP contribution is 2.27. The number of nitrogens with two attached hydrogens (primary N) is 1. The van der Waals surface area contributed by atoms with Gasteiger partial charge in [-0.2, -0.15) is 0 Å². The number of halogens is 1. The number of aromatic nitrogens is 1. The van der Waals surface area contributed by atoms with Gasteiger partial charge in [0.1, 0.15) is 5.69 Å². The Bertz CT molecular complexity index is 688. The molecule has 3 N–H and O–H groups in total. The summed E-state index contributed by atoms with van der Waals surface area (Å²) in [6, 6.07) is 6.59. The van der Waals surface area contributed by atoms with Crippen molar-refractivity contribution in [2.24, 2.45) is 5.73 Å². The van der Waals surface area contributed by atoms with E-state index in [1.54, 1.807) is 6.07 Å². The van der Waals surface area contributed by atoms with Gasteiger partial charge in [-0.1, -0.05) is 17.7 Å². The Hall–Kier alpha value is -2.40. The van der Waals surface area contributed by atoms with E-state index in [9.17, 15) is 9.59 Å². The van der Waals surface area contributed by atoms with Gasteiger partial charge in [-0.3, -0.25) is 14.6 Å². The number of pyridine rings is 1. The van der Waals surface area contributed by atoms with E-state index in [1.165, 1.54) is 18.3 Å². The summed E-state index contributed by atoms with van der Waals surface area (Å²) >= 11 is 6.14. The number of nitrogens with one attached hydrogen (secondary N) is 1. The first kappa shape index (κ1) is 15.0. The van der Waals surface area contributed by atoms with Crippen molar-refractivity contribution < 1.29 is 9.59 Å². The Morgan fingerprint density at radius 3 is 2.48 bits per heavy atom. The SMILES string of the molecule is Cc1cc(C)c(NC(=O)c2ccc(C(N)=O)nc2)c(Cl)c1. The van der Waals surface area contributed by atoms with Gasteiger partial charge in [0.2, 0.25) is 0 Å². The van der Waals surface area contributed by atoms with E-state index in [0.29, 0.717) is 16.3 Å². The molecule has 0 aliphatic heterocycles. The zero-order chi connectivity index (χ0) is 15.6. The molecule has 21 heavy (non-hydrogen) atoms. The number of anilines is 1. The summed E-state index contributed by atoms with van der Waals surface area (Å²) in [7, 11) is 0. The van der Waals surface area contributed by atoms with Crippen LogP contribution in [0.3, 0.4) is 0 Å². The fourth-order valence-electron chi connectivity index (χ4n) is 1.93. The maximum atomic E-state index is 12.2. The minimum Gasteiger partial charge on any atom is -0.364 e. The second kappa shape index (κ2) is 5.93. The van der Waals surface area contributed by atoms with E-state index < -0.39 is 5.91 Å². The molecule has 108 valence electrons. The van der Waals surface area contributed by atoms with Crippen molar-refractivity contribution in [3.63, 3.8) is 0 Å². The molecular weight excluding hydrogens is 290 g/mol. The van der Waals surface area contributed by atoms with Gasteiger partial charge >= 0.3 is 0 Å². The topological polar surface area (TPSA) is 85.1 Å². The zero-order valence-electron chi connectivity index (χ0n) is 11.6. The van der Waals surface area contributed by atoms with Crippen LogP contribution in [-0.4, -0.2) is 16.8 Å². The third-order valence-corrected chi connectivity index (χ3v) is 3.25. The normalized spacial score (nSPS) is 10.2. The minimum atomic E-state index is -0.639. The van der Waals surface area contributed by atoms with Gasteiger partial charge in [-0.05, 0) is 43.2 Å². The van der Waals surface area contributed by atoms with Gasteiger partial charge in [0.15, 0.2) is 0 Å². The van der Waals surface area contributed by atoms with E-state index >= 15 is 0 Å². The molecule has 2 rings (SSSR count). The Morgan fingerprint density at radius 1 is 1.24 bits per heavy atom. The fraction of sp³-hybridized carbons (Fsp3) is 0.133. The average molecular weight is 304 g/mol. The lowest BCUT2D eigenvalue weighted by atomic mass is 10.1. The number of carbonyl (C=O) groups is 2. The largest absolute Gasteiger partial charge is 0.364 e. The molecule has 0 fully saturated rings. The number of primary amides is 1. The molecule has 0 spiro atoms. The Morgan fingerprint density at radius 2 is 1.95 bits per heavy atom. The third-order valence-electron chi connectivity index (χ3n) is 2.95. The van der Waals surface area contributed by atoms with E-state index in [-0.39, 0.29) is 11.6 Å². The van der Waals surface area contributed by atoms with Crippen molar-refractivity contribution >= 4 is 29.1 Å². The first-order valence-electron chi connectivity index (χ1n) is 6.22. The molecule has 2 amide bonds. The van der Waals surface area contributed by atoms with Crippen LogP contribution in [0.5, 0.6) is 0 Å². The molecule has 0 radical (unpaired) electrons. The number of rotatable bonds is 3. The number of nitrogens with zero attached hydrogens (tertiary/aromatic N) is 1. The van der Waals surface area contributed by atoms with Crippen molar-refractivity contribution in [1.29, 1.82) is 0 Å². The molecule has 0 unspecified atom stereocenters. The van der Waals surface area contributed by atoms with Gasteiger partial charge in [0.25, 0.3) is 11.8 Å². The summed E-state index contributed by atoms with van der Waals surface area (Å²) in [5, 5.41) is 3.22. The molecule has 6 heteroatoms. The monoisotopic (exact) mass is 303 g/mol. The van der Waals surface area contributed by atoms with Crippen LogP contribution in [-0.2, 0) is 0 Å². The average Bonchev–Trinajstić information content (AvgIpc) is 2.42. The summed E-state index contributed by atoms with van der Waals surface area (Å²) in [5.41, 5.74) is 7.97. The highest BCUT2D eigenvalue weighted by atomic mass is 35.5. The van der Waals surface area contributed by atoms with Crippen molar-refractivity contribution in [1.82, 2.24) is 4.98 Å². The van der Waals surface area contributed by atoms with Crippen molar-refractivity contribution in [3.8, 4) is 0 Å². The fourth-order valence-corrected chi connectivity index (χ4v) is 2.30. The number of aryl methyl sites for hydroxylation is 2. The van der Waals surface area contributed by atoms with E-state index in [2.05, 4.69) is 10.3 Å². The van der Waals surface area contributed by atoms with Crippen LogP contribution in [0.15, 0.2) is 30.5 Å². The summed E-state index contributed by atoms with van der Waals surface area (Å²) in [5.74, 6) is -0.994. The van der Waals surface area contributed by atoms with Crippen molar-refractivity contribution in [3.05, 3.63) is 57.9 Å². The van der Waals surface area contributed by atoms with Gasteiger partial charge in [0.05, 0.1) is 16.3 Å². The third kappa shape index (κ3) is 3.38. The second-order valence-electron chi connectivity index (χ2n) is 4.69. The Kier molecular flexibility index (Phi) is 4.23. The number of carbonyl (C=O) groups excluding carboxylic acids is 2. The summed E-state index contributed by atoms with van der Waals surface area (Å²) in [4.78, 5) is 26.9. The number of hydrogen-bond acceptors (Lipinski definition) is 3. The molecule has 0 saturated carbocycles. The Balaban J connectivity index is 2.24. The quantitative estimate of drug-likeness (QED) is 0.914. The molecule has 0 saturated heterocycles. The highest BCUT2D eigenvalue weighted by molar-refractivity contribution is 6.34. The van der Waals surface area contributed by atoms with Gasteiger partial charge < -0.3 is 11.1 Å². The first-order chi connectivity index (χ1) is 9.88. The molecule has 1 aromatic heterocycles. The lowest BCUT2D eigenvalue weighted by molar-refractivity contribution is 0.0990. The van der Waals surface area contributed by atoms with E-state index in [4.69, 9.17) is 17.3 Å². The maximum Gasteiger partial charge on any atom is 0.267 e. The molecule has 1 aromatic carbocycles. The molecule has 5 nitrogen and oxygen atoms in total. The van der Waals surface area contributed by atoms with Gasteiger partial charge in [-0.25, -0.2) is 0 Å². The number of benzene rings is 1. The highest BCUT2D eigenvalue weighted by Gasteiger charge is 2.12. The van der Waals surface area contributed by atoms with Crippen LogP contribution in [0.1, 0.15) is 32.0 Å². The summed E-state index contributed by atoms with van der Waals surface area (Å²) < 4.78 is 0. The summed E-state index contributed by atoms with van der Waals surface area (Å²) in [6.07, 6.45) is 1.30. The molecule has 0 atom stereocenters. The first-order valence-corrected chi connectivity index (χ1v) is 6.60. The van der Waals surface area contributed by atoms with Crippen LogP contribution in [0, 0.1) is 13.8 Å². The lowest BCUT2D eigenvalue weighted by Gasteiger charge is -2.11.